The van der Waals surface area contributed by atoms with Crippen LogP contribution < -0.4 is 0 Å². The molecule has 0 bridgehead atoms. The quantitative estimate of drug-likeness (QED) is 0.119. The Labute approximate surface area is 692 Å². The van der Waals surface area contributed by atoms with Crippen LogP contribution in [0.1, 0.15) is 44.5 Å². The molecule has 18 aromatic carbocycles. The number of nitrogens with zero attached hydrogens (tertiary/aromatic N) is 6. The van der Waals surface area contributed by atoms with Crippen LogP contribution in [0.3, 0.4) is 0 Å². The van der Waals surface area contributed by atoms with Gasteiger partial charge in [-0.15, -0.1) is 0 Å². The van der Waals surface area contributed by atoms with E-state index in [9.17, 15) is 0 Å². The zero-order valence-corrected chi connectivity index (χ0v) is 64.9. The fourth-order valence-electron chi connectivity index (χ4n) is 19.1. The average Bonchev–Trinajstić information content (AvgIpc) is 1.54. The van der Waals surface area contributed by atoms with Crippen molar-refractivity contribution in [2.45, 2.75) is 10.8 Å². The van der Waals surface area contributed by atoms with Crippen molar-refractivity contribution in [1.82, 2.24) is 29.9 Å². The Morgan fingerprint density at radius 3 is 1.13 bits per heavy atom. The molecule has 4 heterocycles. The molecule has 0 atom stereocenters. The SMILES string of the molecule is c1ccc(-c2nc(-c3ccc4ccccc4c3)nc(-c3ccccc3-c3cccc4oc5ccc(C6(c7ccccc7)c7ccccc7-c7ccccc76)cc5c34)n2)cc1.c1ccc(-c2nc(-c3ccccc3)nc(-c3cc(-c4ccc5oc6cc(C7(c8ccccc8)c8ccccc8-c8ccccc87)ccc6c5c4)cc4ccccc34)n2)cc1. The molecular weight excluding hydrogens is 1460 g/mol. The summed E-state index contributed by atoms with van der Waals surface area (Å²) in [4.78, 5) is 30.7. The van der Waals surface area contributed by atoms with Gasteiger partial charge in [0.15, 0.2) is 34.9 Å². The van der Waals surface area contributed by atoms with Crippen LogP contribution in [-0.2, 0) is 10.8 Å². The van der Waals surface area contributed by atoms with Crippen LogP contribution in [0.5, 0.6) is 0 Å². The van der Waals surface area contributed by atoms with E-state index < -0.39 is 10.8 Å². The Kier molecular flexibility index (Phi) is 16.5. The molecule has 22 aromatic rings. The maximum absolute atomic E-state index is 6.75. The largest absolute Gasteiger partial charge is 0.456 e. The van der Waals surface area contributed by atoms with Crippen LogP contribution in [0, 0.1) is 0 Å². The Hall–Kier alpha value is -15.9. The summed E-state index contributed by atoms with van der Waals surface area (Å²) in [5.74, 6) is 3.76. The molecule has 0 saturated heterocycles. The number of hydrogen-bond acceptors (Lipinski definition) is 8. The molecule has 8 heteroatoms. The highest BCUT2D eigenvalue weighted by Gasteiger charge is 2.48. The van der Waals surface area contributed by atoms with Crippen LogP contribution >= 0.6 is 0 Å². The van der Waals surface area contributed by atoms with Gasteiger partial charge in [0, 0.05) is 54.9 Å². The van der Waals surface area contributed by atoms with E-state index in [0.717, 1.165) is 116 Å². The first-order chi connectivity index (χ1) is 59.5. The predicted octanol–water partition coefficient (Wildman–Crippen LogP) is 27.9. The number of fused-ring (bicyclic) bond motifs is 14. The van der Waals surface area contributed by atoms with Gasteiger partial charge in [-0.05, 0) is 165 Å². The van der Waals surface area contributed by atoms with Crippen LogP contribution in [0.4, 0.5) is 0 Å². The molecular formula is C112H70N6O2. The van der Waals surface area contributed by atoms with Crippen LogP contribution in [-0.4, -0.2) is 29.9 Å². The number of hydrogen-bond donors (Lipinski definition) is 0. The summed E-state index contributed by atoms with van der Waals surface area (Å²) in [6, 6.07) is 150. The normalized spacial score (nSPS) is 12.8. The lowest BCUT2D eigenvalue weighted by Crippen LogP contribution is -2.28. The molecule has 2 aliphatic carbocycles. The van der Waals surface area contributed by atoms with E-state index in [1.54, 1.807) is 0 Å². The second-order valence-corrected chi connectivity index (χ2v) is 31.0. The van der Waals surface area contributed by atoms with E-state index in [4.69, 9.17) is 38.7 Å². The Morgan fingerprint density at radius 2 is 0.567 bits per heavy atom. The lowest BCUT2D eigenvalue weighted by atomic mass is 9.67. The smallest absolute Gasteiger partial charge is 0.164 e. The minimum absolute atomic E-state index is 0.496. The van der Waals surface area contributed by atoms with E-state index in [0.29, 0.717) is 34.9 Å². The molecule has 2 aliphatic rings. The van der Waals surface area contributed by atoms with Gasteiger partial charge in [-0.1, -0.05) is 370 Å². The molecule has 0 aliphatic heterocycles. The Morgan fingerprint density at radius 1 is 0.167 bits per heavy atom. The van der Waals surface area contributed by atoms with Crippen molar-refractivity contribution in [2.75, 3.05) is 0 Å². The van der Waals surface area contributed by atoms with Crippen LogP contribution in [0.15, 0.2) is 433 Å². The molecule has 0 saturated carbocycles. The molecule has 24 rings (SSSR count). The number of benzene rings is 18. The summed E-state index contributed by atoms with van der Waals surface area (Å²) in [5, 5.41) is 8.76. The highest BCUT2D eigenvalue weighted by molar-refractivity contribution is 6.14. The van der Waals surface area contributed by atoms with Gasteiger partial charge in [0.05, 0.1) is 10.8 Å². The van der Waals surface area contributed by atoms with Crippen molar-refractivity contribution in [1.29, 1.82) is 0 Å². The molecule has 4 aromatic heterocycles. The van der Waals surface area contributed by atoms with Gasteiger partial charge in [0.2, 0.25) is 0 Å². The molecule has 120 heavy (non-hydrogen) atoms. The molecule has 560 valence electrons. The minimum atomic E-state index is -0.531. The second-order valence-electron chi connectivity index (χ2n) is 31.0. The van der Waals surface area contributed by atoms with E-state index >= 15 is 0 Å². The molecule has 0 N–H and O–H groups in total. The summed E-state index contributed by atoms with van der Waals surface area (Å²) in [6.07, 6.45) is 0. The number of rotatable bonds is 12. The summed E-state index contributed by atoms with van der Waals surface area (Å²) in [7, 11) is 0. The summed E-state index contributed by atoms with van der Waals surface area (Å²) >= 11 is 0. The maximum Gasteiger partial charge on any atom is 0.164 e. The highest BCUT2D eigenvalue weighted by Crippen LogP contribution is 2.59. The van der Waals surface area contributed by atoms with E-state index in [-0.39, 0.29) is 0 Å². The maximum atomic E-state index is 6.75. The lowest BCUT2D eigenvalue weighted by molar-refractivity contribution is 0.665. The van der Waals surface area contributed by atoms with E-state index in [1.807, 2.05) is 78.9 Å². The van der Waals surface area contributed by atoms with Gasteiger partial charge >= 0.3 is 0 Å². The molecule has 0 unspecified atom stereocenters. The van der Waals surface area contributed by atoms with E-state index in [1.165, 1.54) is 72.1 Å². The van der Waals surface area contributed by atoms with Crippen molar-refractivity contribution >= 4 is 65.4 Å². The van der Waals surface area contributed by atoms with Gasteiger partial charge < -0.3 is 8.83 Å². The Balaban J connectivity index is 0.000000140. The third-order valence-corrected chi connectivity index (χ3v) is 24.4. The van der Waals surface area contributed by atoms with Gasteiger partial charge in [-0.25, -0.2) is 29.9 Å². The van der Waals surface area contributed by atoms with Gasteiger partial charge in [-0.3, -0.25) is 0 Å². The number of furan rings is 2. The first-order valence-electron chi connectivity index (χ1n) is 40.7. The third-order valence-electron chi connectivity index (χ3n) is 24.4. The molecule has 0 radical (unpaired) electrons. The summed E-state index contributed by atoms with van der Waals surface area (Å²) in [5.41, 5.74) is 27.2. The fraction of sp³-hybridized carbons (Fsp3) is 0.0179. The zero-order valence-electron chi connectivity index (χ0n) is 64.9. The first kappa shape index (κ1) is 69.6. The van der Waals surface area contributed by atoms with Crippen LogP contribution in [0.2, 0.25) is 0 Å². The van der Waals surface area contributed by atoms with Crippen molar-refractivity contribution < 1.29 is 8.83 Å². The Bertz CT molecular complexity index is 7650. The van der Waals surface area contributed by atoms with Crippen molar-refractivity contribution in [3.8, 4) is 113 Å². The standard InChI is InChI=1S/2C56H35N3O/c1-4-16-36(17-5-1)53-57-54(37-18-6-2-7-19-37)59-55(58-53)48-34-40(32-39-20-10-11-23-43(39)48)38-28-31-51-47(33-38)46-30-29-42(35-52(46)60-51)56(41-21-8-3-9-22-41)49-26-14-12-24-44(49)45-25-13-15-27-50(45)56;1-3-17-37(18-4-1)53-57-54(39-31-30-36-16-7-8-19-38(36)34-39)59-55(58-53)46-25-10-9-22-42(46)45-26-15-29-51-52(45)47-35-41(32-33-50(47)60-51)56(40-20-5-2-6-21-40)48-27-13-11-23-43(48)44-24-12-14-28-49(44)56/h2*1-35H. The molecule has 0 spiro atoms. The van der Waals surface area contributed by atoms with Crippen molar-refractivity contribution in [2.24, 2.45) is 0 Å². The zero-order chi connectivity index (χ0) is 79.2. The van der Waals surface area contributed by atoms with Crippen molar-refractivity contribution in [3.05, 3.63) is 469 Å². The minimum Gasteiger partial charge on any atom is -0.456 e. The third kappa shape index (κ3) is 11.4. The average molecular weight is 1530 g/mol. The monoisotopic (exact) mass is 1530 g/mol. The number of aromatic nitrogens is 6. The van der Waals surface area contributed by atoms with Crippen molar-refractivity contribution in [3.63, 3.8) is 0 Å². The molecule has 8 nitrogen and oxygen atoms in total. The van der Waals surface area contributed by atoms with Gasteiger partial charge in [-0.2, -0.15) is 0 Å². The first-order valence-corrected chi connectivity index (χ1v) is 40.7. The van der Waals surface area contributed by atoms with Gasteiger partial charge in [0.1, 0.15) is 22.3 Å². The van der Waals surface area contributed by atoms with Gasteiger partial charge in [0.25, 0.3) is 0 Å². The topological polar surface area (TPSA) is 104 Å². The molecule has 0 amide bonds. The summed E-state index contributed by atoms with van der Waals surface area (Å²) < 4.78 is 13.5. The lowest BCUT2D eigenvalue weighted by Gasteiger charge is -2.33. The van der Waals surface area contributed by atoms with E-state index in [2.05, 4.69) is 346 Å². The van der Waals surface area contributed by atoms with Crippen LogP contribution in [0.25, 0.3) is 178 Å². The highest BCUT2D eigenvalue weighted by atomic mass is 16.3. The second kappa shape index (κ2) is 28.5. The summed E-state index contributed by atoms with van der Waals surface area (Å²) in [6.45, 7) is 0. The fourth-order valence-corrected chi connectivity index (χ4v) is 19.1. The predicted molar refractivity (Wildman–Crippen MR) is 487 cm³/mol. The molecule has 0 fully saturated rings.